The van der Waals surface area contributed by atoms with E-state index >= 15 is 0 Å². The van der Waals surface area contributed by atoms with E-state index in [1.165, 1.54) is 25.7 Å². The maximum Gasteiger partial charge on any atom is 0.133 e. The fourth-order valence-corrected chi connectivity index (χ4v) is 3.26. The minimum Gasteiger partial charge on any atom is -0.300 e. The topological polar surface area (TPSA) is 17.1 Å². The molecule has 14 heavy (non-hydrogen) atoms. The Bertz CT molecular complexity index is 221. The lowest BCUT2D eigenvalue weighted by Crippen LogP contribution is -2.25. The van der Waals surface area contributed by atoms with Crippen molar-refractivity contribution < 1.29 is 4.79 Å². The number of ketones is 1. The van der Waals surface area contributed by atoms with Crippen LogP contribution in [0.5, 0.6) is 0 Å². The second-order valence-electron chi connectivity index (χ2n) is 5.57. The first-order valence-corrected chi connectivity index (χ1v) is 6.18. The molecule has 0 saturated heterocycles. The number of Topliss-reactive ketones (excluding diaryl/α,β-unsaturated/α-hetero) is 1. The number of carbonyl (C=O) groups is 1. The highest BCUT2D eigenvalue weighted by Gasteiger charge is 2.33. The average molecular weight is 194 g/mol. The maximum atomic E-state index is 11.2. The van der Waals surface area contributed by atoms with Crippen LogP contribution in [-0.2, 0) is 4.79 Å². The van der Waals surface area contributed by atoms with Gasteiger partial charge in [0.25, 0.3) is 0 Å². The lowest BCUT2D eigenvalue weighted by atomic mass is 9.71. The molecule has 2 aliphatic carbocycles. The summed E-state index contributed by atoms with van der Waals surface area (Å²) >= 11 is 0. The summed E-state index contributed by atoms with van der Waals surface area (Å²) in [5.41, 5.74) is 0. The molecule has 0 amide bonds. The van der Waals surface area contributed by atoms with Crippen LogP contribution in [-0.4, -0.2) is 5.78 Å². The molecule has 4 atom stereocenters. The lowest BCUT2D eigenvalue weighted by Gasteiger charge is -2.35. The first kappa shape index (κ1) is 10.2. The molecule has 2 saturated carbocycles. The van der Waals surface area contributed by atoms with Crippen LogP contribution in [0.3, 0.4) is 0 Å². The highest BCUT2D eigenvalue weighted by atomic mass is 16.1. The summed E-state index contributed by atoms with van der Waals surface area (Å²) in [5.74, 6) is 3.92. The van der Waals surface area contributed by atoms with Crippen LogP contribution in [0, 0.1) is 23.7 Å². The molecule has 2 aliphatic rings. The van der Waals surface area contributed by atoms with Gasteiger partial charge in [-0.2, -0.15) is 0 Å². The monoisotopic (exact) mass is 194 g/mol. The molecule has 0 aromatic rings. The normalized spacial score (nSPS) is 44.3. The van der Waals surface area contributed by atoms with Gasteiger partial charge in [-0.3, -0.25) is 4.79 Å². The van der Waals surface area contributed by atoms with Crippen molar-refractivity contribution in [2.45, 2.75) is 52.4 Å². The molecule has 0 bridgehead atoms. The van der Waals surface area contributed by atoms with E-state index in [4.69, 9.17) is 0 Å². The summed E-state index contributed by atoms with van der Waals surface area (Å²) < 4.78 is 0. The smallest absolute Gasteiger partial charge is 0.133 e. The molecule has 4 unspecified atom stereocenters. The average Bonchev–Trinajstić information content (AvgIpc) is 2.57. The van der Waals surface area contributed by atoms with Gasteiger partial charge in [-0.25, -0.2) is 0 Å². The van der Waals surface area contributed by atoms with E-state index in [1.54, 1.807) is 0 Å². The molecule has 1 nitrogen and oxygen atoms in total. The van der Waals surface area contributed by atoms with Gasteiger partial charge in [0.1, 0.15) is 5.78 Å². The third-order valence-corrected chi connectivity index (χ3v) is 4.59. The lowest BCUT2D eigenvalue weighted by molar-refractivity contribution is -0.117. The quantitative estimate of drug-likeness (QED) is 0.625. The fourth-order valence-electron chi connectivity index (χ4n) is 3.26. The molecular formula is C13H22O. The molecule has 2 fully saturated rings. The van der Waals surface area contributed by atoms with Gasteiger partial charge < -0.3 is 0 Å². The van der Waals surface area contributed by atoms with Crippen LogP contribution in [0.15, 0.2) is 0 Å². The van der Waals surface area contributed by atoms with Crippen LogP contribution >= 0.6 is 0 Å². The van der Waals surface area contributed by atoms with Gasteiger partial charge in [0.2, 0.25) is 0 Å². The summed E-state index contributed by atoms with van der Waals surface area (Å²) in [4.78, 5) is 11.2. The first-order valence-electron chi connectivity index (χ1n) is 6.18. The Morgan fingerprint density at radius 3 is 2.36 bits per heavy atom. The third kappa shape index (κ3) is 2.02. The van der Waals surface area contributed by atoms with E-state index < -0.39 is 0 Å². The fraction of sp³-hybridized carbons (Fsp3) is 0.923. The molecule has 0 radical (unpaired) electrons. The second-order valence-corrected chi connectivity index (χ2v) is 5.57. The Balaban J connectivity index is 1.90. The summed E-state index contributed by atoms with van der Waals surface area (Å²) in [6, 6.07) is 0. The summed E-state index contributed by atoms with van der Waals surface area (Å²) in [7, 11) is 0. The predicted octanol–water partition coefficient (Wildman–Crippen LogP) is 3.43. The number of hydrogen-bond donors (Lipinski definition) is 0. The van der Waals surface area contributed by atoms with Crippen LogP contribution in [0.1, 0.15) is 52.4 Å². The van der Waals surface area contributed by atoms with Gasteiger partial charge in [-0.15, -0.1) is 0 Å². The zero-order valence-electron chi connectivity index (χ0n) is 9.46. The van der Waals surface area contributed by atoms with Crippen molar-refractivity contribution in [3.63, 3.8) is 0 Å². The Labute approximate surface area is 87.3 Å². The number of hydrogen-bond acceptors (Lipinski definition) is 1. The van der Waals surface area contributed by atoms with Crippen molar-refractivity contribution in [3.05, 3.63) is 0 Å². The van der Waals surface area contributed by atoms with Crippen LogP contribution in [0.4, 0.5) is 0 Å². The van der Waals surface area contributed by atoms with Crippen molar-refractivity contribution >= 4 is 5.78 Å². The number of rotatable bonds is 1. The molecule has 0 N–H and O–H groups in total. The Morgan fingerprint density at radius 1 is 1.00 bits per heavy atom. The molecule has 80 valence electrons. The molecule has 0 aliphatic heterocycles. The second kappa shape index (κ2) is 4.04. The van der Waals surface area contributed by atoms with Crippen LogP contribution in [0.2, 0.25) is 0 Å². The van der Waals surface area contributed by atoms with Gasteiger partial charge in [-0.05, 0) is 42.9 Å². The zero-order valence-corrected chi connectivity index (χ0v) is 9.46. The van der Waals surface area contributed by atoms with E-state index in [-0.39, 0.29) is 0 Å². The highest BCUT2D eigenvalue weighted by molar-refractivity contribution is 5.80. The van der Waals surface area contributed by atoms with Crippen LogP contribution in [0.25, 0.3) is 0 Å². The summed E-state index contributed by atoms with van der Waals surface area (Å²) in [5, 5.41) is 0. The van der Waals surface area contributed by atoms with Crippen molar-refractivity contribution in [1.82, 2.24) is 0 Å². The molecule has 1 heteroatoms. The first-order chi connectivity index (χ1) is 6.66. The van der Waals surface area contributed by atoms with E-state index in [9.17, 15) is 4.79 Å². The third-order valence-electron chi connectivity index (χ3n) is 4.59. The minimum atomic E-state index is 0.515. The molecule has 2 rings (SSSR count). The molecule has 0 aromatic carbocycles. The minimum absolute atomic E-state index is 0.515. The van der Waals surface area contributed by atoms with Crippen molar-refractivity contribution in [3.8, 4) is 0 Å². The largest absolute Gasteiger partial charge is 0.300 e. The van der Waals surface area contributed by atoms with E-state index in [1.807, 2.05) is 0 Å². The standard InChI is InChI=1S/C13H22O/c1-9-3-4-11(7-10(9)2)12-5-6-13(14)8-12/h9-12H,3-8H2,1-2H3. The molecular weight excluding hydrogens is 172 g/mol. The van der Waals surface area contributed by atoms with Crippen molar-refractivity contribution in [2.75, 3.05) is 0 Å². The molecule has 0 spiro atoms. The van der Waals surface area contributed by atoms with Crippen molar-refractivity contribution in [1.29, 1.82) is 0 Å². The van der Waals surface area contributed by atoms with Gasteiger partial charge in [0, 0.05) is 12.8 Å². The Morgan fingerprint density at radius 2 is 1.79 bits per heavy atom. The Kier molecular flexibility index (Phi) is 2.94. The Hall–Kier alpha value is -0.330. The van der Waals surface area contributed by atoms with Gasteiger partial charge in [0.05, 0.1) is 0 Å². The van der Waals surface area contributed by atoms with E-state index in [2.05, 4.69) is 13.8 Å². The highest BCUT2D eigenvalue weighted by Crippen LogP contribution is 2.41. The van der Waals surface area contributed by atoms with Crippen molar-refractivity contribution in [2.24, 2.45) is 23.7 Å². The maximum absolute atomic E-state index is 11.2. The van der Waals surface area contributed by atoms with Gasteiger partial charge >= 0.3 is 0 Å². The SMILES string of the molecule is CC1CCC(C2CCC(=O)C2)CC1C. The van der Waals surface area contributed by atoms with Crippen LogP contribution < -0.4 is 0 Å². The predicted molar refractivity (Wildman–Crippen MR) is 58.0 cm³/mol. The summed E-state index contributed by atoms with van der Waals surface area (Å²) in [6.45, 7) is 4.76. The van der Waals surface area contributed by atoms with E-state index in [0.717, 1.165) is 36.5 Å². The molecule has 0 aromatic heterocycles. The molecule has 0 heterocycles. The van der Waals surface area contributed by atoms with E-state index in [0.29, 0.717) is 5.78 Å². The summed E-state index contributed by atoms with van der Waals surface area (Å²) in [6.07, 6.45) is 7.08. The number of carbonyl (C=O) groups excluding carboxylic acids is 1. The van der Waals surface area contributed by atoms with Gasteiger partial charge in [0.15, 0.2) is 0 Å². The zero-order chi connectivity index (χ0) is 10.1. The van der Waals surface area contributed by atoms with Gasteiger partial charge in [-0.1, -0.05) is 20.3 Å².